The molecule has 1 atom stereocenters. The van der Waals surface area contributed by atoms with Gasteiger partial charge in [-0.25, -0.2) is 0 Å². The number of halogens is 1. The molecule has 1 N–H and O–H groups in total. The summed E-state index contributed by atoms with van der Waals surface area (Å²) in [6.07, 6.45) is 3.42. The quantitative estimate of drug-likeness (QED) is 0.264. The zero-order chi connectivity index (χ0) is 20.1. The van der Waals surface area contributed by atoms with Crippen LogP contribution in [0.25, 0.3) is 10.9 Å². The van der Waals surface area contributed by atoms with Crippen molar-refractivity contribution in [2.24, 2.45) is 0 Å². The molecule has 1 unspecified atom stereocenters. The van der Waals surface area contributed by atoms with E-state index < -0.39 is 8.32 Å². The van der Waals surface area contributed by atoms with Crippen molar-refractivity contribution in [1.29, 1.82) is 0 Å². The minimum absolute atomic E-state index is 0.105. The van der Waals surface area contributed by atoms with Gasteiger partial charge in [0, 0.05) is 34.1 Å². The van der Waals surface area contributed by atoms with Gasteiger partial charge in [0.05, 0.1) is 0 Å². The van der Waals surface area contributed by atoms with Crippen LogP contribution in [0.1, 0.15) is 45.7 Å². The van der Waals surface area contributed by atoms with Crippen molar-refractivity contribution < 1.29 is 14.0 Å². The van der Waals surface area contributed by atoms with Crippen LogP contribution >= 0.6 is 15.9 Å². The fourth-order valence-corrected chi connectivity index (χ4v) is 4.30. The highest BCUT2D eigenvalue weighted by Gasteiger charge is 2.36. The van der Waals surface area contributed by atoms with Gasteiger partial charge in [0.2, 0.25) is 0 Å². The van der Waals surface area contributed by atoms with Crippen LogP contribution in [-0.4, -0.2) is 32.5 Å². The molecule has 0 aliphatic heterocycles. The number of carbonyl (C=O) groups excluding carboxylic acids is 1. The molecule has 0 fully saturated rings. The highest BCUT2D eigenvalue weighted by Crippen LogP contribution is 2.36. The maximum atomic E-state index is 10.9. The lowest BCUT2D eigenvalue weighted by atomic mass is 10.1. The van der Waals surface area contributed by atoms with Crippen molar-refractivity contribution in [2.45, 2.75) is 70.7 Å². The van der Waals surface area contributed by atoms with Crippen LogP contribution in [0.15, 0.2) is 28.7 Å². The molecule has 1 aromatic heterocycles. The predicted molar refractivity (Wildman–Crippen MR) is 118 cm³/mol. The van der Waals surface area contributed by atoms with Gasteiger partial charge in [-0.2, -0.15) is 0 Å². The lowest BCUT2D eigenvalue weighted by molar-refractivity contribution is -0.133. The Bertz CT molecular complexity index is 751. The van der Waals surface area contributed by atoms with Crippen LogP contribution in [0.5, 0.6) is 0 Å². The Labute approximate surface area is 172 Å². The lowest BCUT2D eigenvalue weighted by Crippen LogP contribution is -2.40. The molecule has 0 spiro atoms. The van der Waals surface area contributed by atoms with Gasteiger partial charge in [0.25, 0.3) is 6.47 Å². The fourth-order valence-electron chi connectivity index (χ4n) is 2.83. The summed E-state index contributed by atoms with van der Waals surface area (Å²) in [5.74, 6) is 0. The Morgan fingerprint density at radius 3 is 2.63 bits per heavy atom. The largest absolute Gasteiger partial charge is 0.464 e. The monoisotopic (exact) mass is 453 g/mol. The molecule has 0 saturated carbocycles. The average molecular weight is 454 g/mol. The Morgan fingerprint density at radius 1 is 1.22 bits per heavy atom. The second kappa shape index (κ2) is 9.39. The zero-order valence-corrected chi connectivity index (χ0v) is 19.7. The zero-order valence-electron chi connectivity index (χ0n) is 17.1. The summed E-state index contributed by atoms with van der Waals surface area (Å²) in [4.78, 5) is 14.3. The lowest BCUT2D eigenvalue weighted by Gasteiger charge is -2.36. The maximum Gasteiger partial charge on any atom is 0.293 e. The molecule has 0 amide bonds. The first kappa shape index (κ1) is 22.2. The molecule has 4 nitrogen and oxygen atoms in total. The van der Waals surface area contributed by atoms with Crippen molar-refractivity contribution in [1.82, 2.24) is 4.98 Å². The van der Waals surface area contributed by atoms with Crippen LogP contribution in [0.2, 0.25) is 18.1 Å². The Hall–Kier alpha value is -1.11. The second-order valence-corrected chi connectivity index (χ2v) is 14.4. The number of aromatic amines is 1. The Kier molecular flexibility index (Phi) is 7.71. The van der Waals surface area contributed by atoms with Gasteiger partial charge in [0.1, 0.15) is 6.10 Å². The first-order valence-corrected chi connectivity index (χ1v) is 13.3. The van der Waals surface area contributed by atoms with E-state index in [4.69, 9.17) is 9.16 Å². The van der Waals surface area contributed by atoms with E-state index in [9.17, 15) is 4.79 Å². The Morgan fingerprint density at radius 2 is 1.96 bits per heavy atom. The number of benzene rings is 1. The fraction of sp³-hybridized carbons (Fsp3) is 0.571. The summed E-state index contributed by atoms with van der Waals surface area (Å²) in [5.41, 5.74) is 2.19. The van der Waals surface area contributed by atoms with E-state index in [1.807, 2.05) is 6.07 Å². The highest BCUT2D eigenvalue weighted by molar-refractivity contribution is 9.10. The molecule has 0 radical (unpaired) electrons. The van der Waals surface area contributed by atoms with E-state index in [1.165, 1.54) is 0 Å². The standard InChI is InChI=1S/C21H32BrNO3Si/c1-21(2,3)27(4,5)26-11-7-6-8-19(25-15-24)14-18-13-16-12-17(22)9-10-20(16)23-18/h9-10,12-13,15,19,23H,6-8,11,14H2,1-5H3. The first-order chi connectivity index (χ1) is 12.6. The van der Waals surface area contributed by atoms with Gasteiger partial charge < -0.3 is 14.1 Å². The number of unbranched alkanes of at least 4 members (excludes halogenated alkanes) is 1. The van der Waals surface area contributed by atoms with Crippen molar-refractivity contribution in [3.8, 4) is 0 Å². The number of H-pyrrole nitrogens is 1. The minimum Gasteiger partial charge on any atom is -0.464 e. The molecule has 2 aromatic rings. The second-order valence-electron chi connectivity index (χ2n) is 8.69. The molecule has 2 rings (SSSR count). The number of hydrogen-bond donors (Lipinski definition) is 1. The molecule has 0 saturated heterocycles. The van der Waals surface area contributed by atoms with Crippen LogP contribution in [0.3, 0.4) is 0 Å². The van der Waals surface area contributed by atoms with Crippen LogP contribution in [-0.2, 0) is 20.4 Å². The van der Waals surface area contributed by atoms with E-state index in [-0.39, 0.29) is 11.1 Å². The van der Waals surface area contributed by atoms with Crippen molar-refractivity contribution >= 4 is 41.6 Å². The van der Waals surface area contributed by atoms with Gasteiger partial charge in [-0.15, -0.1) is 0 Å². The van der Waals surface area contributed by atoms with Gasteiger partial charge >= 0.3 is 0 Å². The van der Waals surface area contributed by atoms with E-state index in [0.29, 0.717) is 12.9 Å². The number of ether oxygens (including phenoxy) is 1. The average Bonchev–Trinajstić information content (AvgIpc) is 2.94. The van der Waals surface area contributed by atoms with E-state index in [2.05, 4.69) is 73.0 Å². The van der Waals surface area contributed by atoms with Crippen LogP contribution < -0.4 is 0 Å². The summed E-state index contributed by atoms with van der Waals surface area (Å²) in [5, 5.41) is 1.40. The predicted octanol–water partition coefficient (Wildman–Crippen LogP) is 6.21. The third kappa shape index (κ3) is 6.47. The number of hydrogen-bond acceptors (Lipinski definition) is 3. The molecule has 1 heterocycles. The summed E-state index contributed by atoms with van der Waals surface area (Å²) in [6.45, 7) is 12.7. The molecule has 6 heteroatoms. The van der Waals surface area contributed by atoms with Crippen molar-refractivity contribution in [3.05, 3.63) is 34.4 Å². The van der Waals surface area contributed by atoms with Gasteiger partial charge in [-0.05, 0) is 61.7 Å². The van der Waals surface area contributed by atoms with Gasteiger partial charge in [-0.1, -0.05) is 36.7 Å². The van der Waals surface area contributed by atoms with Crippen molar-refractivity contribution in [3.63, 3.8) is 0 Å². The van der Waals surface area contributed by atoms with E-state index in [0.717, 1.165) is 46.9 Å². The van der Waals surface area contributed by atoms with Gasteiger partial charge in [-0.3, -0.25) is 4.79 Å². The molecular weight excluding hydrogens is 422 g/mol. The topological polar surface area (TPSA) is 51.3 Å². The minimum atomic E-state index is -1.68. The molecule has 0 bridgehead atoms. The third-order valence-electron chi connectivity index (χ3n) is 5.52. The number of aromatic nitrogens is 1. The summed E-state index contributed by atoms with van der Waals surface area (Å²) >= 11 is 3.50. The SMILES string of the molecule is CC(C)(C)[Si](C)(C)OCCCCC(Cc1cc2cc(Br)ccc2[nH]1)OC=O. The van der Waals surface area contributed by atoms with E-state index in [1.54, 1.807) is 0 Å². The Balaban J connectivity index is 1.83. The van der Waals surface area contributed by atoms with Crippen LogP contribution in [0, 0.1) is 0 Å². The number of fused-ring (bicyclic) bond motifs is 1. The summed E-state index contributed by atoms with van der Waals surface area (Å²) in [7, 11) is -1.68. The van der Waals surface area contributed by atoms with Crippen LogP contribution in [0.4, 0.5) is 0 Å². The highest BCUT2D eigenvalue weighted by atomic mass is 79.9. The number of nitrogens with one attached hydrogen (secondary N) is 1. The summed E-state index contributed by atoms with van der Waals surface area (Å²) in [6, 6.07) is 8.28. The van der Waals surface area contributed by atoms with Gasteiger partial charge in [0.15, 0.2) is 8.32 Å². The molecule has 0 aliphatic rings. The van der Waals surface area contributed by atoms with E-state index >= 15 is 0 Å². The number of rotatable bonds is 10. The molecular formula is C21H32BrNO3Si. The molecule has 0 aliphatic carbocycles. The molecule has 150 valence electrons. The first-order valence-electron chi connectivity index (χ1n) is 9.62. The van der Waals surface area contributed by atoms with Crippen molar-refractivity contribution in [2.75, 3.05) is 6.61 Å². The number of carbonyl (C=O) groups is 1. The smallest absolute Gasteiger partial charge is 0.293 e. The third-order valence-corrected chi connectivity index (χ3v) is 10.6. The summed E-state index contributed by atoms with van der Waals surface area (Å²) < 4.78 is 12.6. The molecule has 1 aromatic carbocycles. The molecule has 27 heavy (non-hydrogen) atoms. The normalized spacial score (nSPS) is 13.7. The maximum absolute atomic E-state index is 10.9.